The summed E-state index contributed by atoms with van der Waals surface area (Å²) in [5, 5.41) is 2.64. The maximum absolute atomic E-state index is 11.4. The summed E-state index contributed by atoms with van der Waals surface area (Å²) in [4.78, 5) is 15.2. The smallest absolute Gasteiger partial charge is 0.269 e. The summed E-state index contributed by atoms with van der Waals surface area (Å²) in [7, 11) is 1.77. The first kappa shape index (κ1) is 10.1. The highest BCUT2D eigenvalue weighted by atomic mass is 35.5. The Morgan fingerprint density at radius 3 is 3.00 bits per heavy atom. The lowest BCUT2D eigenvalue weighted by atomic mass is 10.4. The largest absolute Gasteiger partial charge is 0.349 e. The Morgan fingerprint density at radius 1 is 1.85 bits per heavy atom. The van der Waals surface area contributed by atoms with Crippen LogP contribution in [-0.2, 0) is 7.05 Å². The molecule has 0 aromatic carbocycles. The zero-order chi connectivity index (χ0) is 9.84. The first-order chi connectivity index (χ1) is 6.11. The normalized spacial score (nSPS) is 12.5. The number of aryl methyl sites for hydroxylation is 1. The summed E-state index contributed by atoms with van der Waals surface area (Å²) in [5.41, 5.74) is 0.539. The van der Waals surface area contributed by atoms with Gasteiger partial charge in [0.05, 0.1) is 12.5 Å². The van der Waals surface area contributed by atoms with Crippen molar-refractivity contribution in [2.75, 3.05) is 6.54 Å². The minimum absolute atomic E-state index is 0.0582. The van der Waals surface area contributed by atoms with Crippen molar-refractivity contribution >= 4 is 17.5 Å². The van der Waals surface area contributed by atoms with Crippen molar-refractivity contribution in [3.8, 4) is 0 Å². The minimum atomic E-state index is -0.146. The van der Waals surface area contributed by atoms with Crippen molar-refractivity contribution in [3.63, 3.8) is 0 Å². The topological polar surface area (TPSA) is 46.9 Å². The van der Waals surface area contributed by atoms with Gasteiger partial charge in [0.25, 0.3) is 5.91 Å². The highest BCUT2D eigenvalue weighted by molar-refractivity contribution is 6.20. The molecule has 13 heavy (non-hydrogen) atoms. The average molecular weight is 202 g/mol. The molecule has 0 aliphatic rings. The molecule has 0 fully saturated rings. The summed E-state index contributed by atoms with van der Waals surface area (Å²) in [6.45, 7) is 2.29. The fourth-order valence-electron chi connectivity index (χ4n) is 0.900. The van der Waals surface area contributed by atoms with Crippen molar-refractivity contribution in [3.05, 3.63) is 18.2 Å². The molecule has 5 heteroatoms. The number of halogens is 1. The third-order valence-electron chi connectivity index (χ3n) is 1.59. The Hall–Kier alpha value is -1.03. The van der Waals surface area contributed by atoms with E-state index in [2.05, 4.69) is 10.3 Å². The molecular formula is C8H12ClN3O. The summed E-state index contributed by atoms with van der Waals surface area (Å²) >= 11 is 5.69. The van der Waals surface area contributed by atoms with Gasteiger partial charge in [0.15, 0.2) is 0 Å². The lowest BCUT2D eigenvalue weighted by molar-refractivity contribution is 0.0946. The predicted octanol–water partition coefficient (Wildman–Crippen LogP) is 0.777. The van der Waals surface area contributed by atoms with E-state index in [9.17, 15) is 4.79 Å². The van der Waals surface area contributed by atoms with E-state index in [1.165, 1.54) is 6.20 Å². The zero-order valence-electron chi connectivity index (χ0n) is 7.62. The second-order valence-corrected chi connectivity index (χ2v) is 3.63. The fraction of sp³-hybridized carbons (Fsp3) is 0.500. The van der Waals surface area contributed by atoms with E-state index in [1.807, 2.05) is 6.92 Å². The van der Waals surface area contributed by atoms with E-state index < -0.39 is 0 Å². The maximum Gasteiger partial charge on any atom is 0.269 e. The number of imidazole rings is 1. The molecule has 72 valence electrons. The molecule has 1 aromatic heterocycles. The van der Waals surface area contributed by atoms with Crippen LogP contribution in [0.5, 0.6) is 0 Å². The molecule has 4 nitrogen and oxygen atoms in total. The third kappa shape index (κ3) is 2.73. The number of nitrogens with zero attached hydrogens (tertiary/aromatic N) is 2. The molecule has 0 saturated heterocycles. The Kier molecular flexibility index (Phi) is 3.31. The molecular weight excluding hydrogens is 190 g/mol. The number of aromatic nitrogens is 2. The summed E-state index contributed by atoms with van der Waals surface area (Å²) < 4.78 is 1.66. The van der Waals surface area contributed by atoms with Gasteiger partial charge in [-0.1, -0.05) is 0 Å². The van der Waals surface area contributed by atoms with Gasteiger partial charge in [0, 0.05) is 19.0 Å². The molecule has 1 amide bonds. The van der Waals surface area contributed by atoms with Gasteiger partial charge in [0.2, 0.25) is 0 Å². The zero-order valence-corrected chi connectivity index (χ0v) is 8.38. The van der Waals surface area contributed by atoms with E-state index in [0.29, 0.717) is 12.2 Å². The summed E-state index contributed by atoms with van der Waals surface area (Å²) in [5.74, 6) is -0.146. The second kappa shape index (κ2) is 4.28. The Bertz CT molecular complexity index is 295. The fourth-order valence-corrected chi connectivity index (χ4v) is 0.977. The number of rotatable bonds is 3. The molecule has 1 rings (SSSR count). The van der Waals surface area contributed by atoms with E-state index in [4.69, 9.17) is 11.6 Å². The van der Waals surface area contributed by atoms with Crippen LogP contribution in [0.4, 0.5) is 0 Å². The van der Waals surface area contributed by atoms with Crippen LogP contribution in [0.2, 0.25) is 0 Å². The van der Waals surface area contributed by atoms with Crippen LogP contribution >= 0.6 is 11.6 Å². The van der Waals surface area contributed by atoms with Crippen LogP contribution in [0.1, 0.15) is 17.4 Å². The molecule has 0 spiro atoms. The minimum Gasteiger partial charge on any atom is -0.349 e. The van der Waals surface area contributed by atoms with Crippen LogP contribution in [0.15, 0.2) is 12.5 Å². The molecule has 1 atom stereocenters. The lowest BCUT2D eigenvalue weighted by Gasteiger charge is -2.05. The average Bonchev–Trinajstić information content (AvgIpc) is 2.47. The monoisotopic (exact) mass is 201 g/mol. The molecule has 1 heterocycles. The van der Waals surface area contributed by atoms with Gasteiger partial charge in [-0.25, -0.2) is 4.98 Å². The molecule has 0 radical (unpaired) electrons. The van der Waals surface area contributed by atoms with Gasteiger partial charge in [0.1, 0.15) is 5.69 Å². The molecule has 1 aromatic rings. The van der Waals surface area contributed by atoms with Crippen molar-refractivity contribution in [2.45, 2.75) is 12.3 Å². The highest BCUT2D eigenvalue weighted by Gasteiger charge is 2.09. The van der Waals surface area contributed by atoms with Gasteiger partial charge in [-0.15, -0.1) is 11.6 Å². The van der Waals surface area contributed by atoms with E-state index in [0.717, 1.165) is 0 Å². The number of hydrogen-bond donors (Lipinski definition) is 1. The van der Waals surface area contributed by atoms with Gasteiger partial charge in [-0.2, -0.15) is 0 Å². The molecule has 1 N–H and O–H groups in total. The number of carbonyl (C=O) groups excluding carboxylic acids is 1. The van der Waals surface area contributed by atoms with E-state index in [-0.39, 0.29) is 11.3 Å². The SMILES string of the molecule is CC(Cl)CNC(=O)c1cncn1C. The summed E-state index contributed by atoms with van der Waals surface area (Å²) in [6.07, 6.45) is 3.10. The van der Waals surface area contributed by atoms with Gasteiger partial charge >= 0.3 is 0 Å². The van der Waals surface area contributed by atoms with Gasteiger partial charge < -0.3 is 9.88 Å². The first-order valence-corrected chi connectivity index (χ1v) is 4.43. The Labute approximate surface area is 81.9 Å². The van der Waals surface area contributed by atoms with Crippen molar-refractivity contribution in [1.29, 1.82) is 0 Å². The van der Waals surface area contributed by atoms with Crippen LogP contribution in [0, 0.1) is 0 Å². The Morgan fingerprint density at radius 2 is 2.54 bits per heavy atom. The van der Waals surface area contributed by atoms with Gasteiger partial charge in [-0.05, 0) is 6.92 Å². The third-order valence-corrected chi connectivity index (χ3v) is 1.75. The molecule has 0 bridgehead atoms. The van der Waals surface area contributed by atoms with Crippen molar-refractivity contribution in [1.82, 2.24) is 14.9 Å². The first-order valence-electron chi connectivity index (χ1n) is 4.00. The van der Waals surface area contributed by atoms with Crippen LogP contribution in [0.25, 0.3) is 0 Å². The van der Waals surface area contributed by atoms with Crippen LogP contribution in [-0.4, -0.2) is 27.4 Å². The molecule has 0 aliphatic carbocycles. The maximum atomic E-state index is 11.4. The van der Waals surface area contributed by atoms with Crippen LogP contribution in [0.3, 0.4) is 0 Å². The van der Waals surface area contributed by atoms with E-state index >= 15 is 0 Å². The molecule has 1 unspecified atom stereocenters. The second-order valence-electron chi connectivity index (χ2n) is 2.88. The molecule has 0 saturated carbocycles. The van der Waals surface area contributed by atoms with Crippen molar-refractivity contribution in [2.24, 2.45) is 7.05 Å². The number of nitrogens with one attached hydrogen (secondary N) is 1. The summed E-state index contributed by atoms with van der Waals surface area (Å²) in [6, 6.07) is 0. The standard InChI is InChI=1S/C8H12ClN3O/c1-6(9)3-11-8(13)7-4-10-5-12(7)2/h4-6H,3H2,1-2H3,(H,11,13). The quantitative estimate of drug-likeness (QED) is 0.735. The van der Waals surface area contributed by atoms with Crippen LogP contribution < -0.4 is 5.32 Å². The van der Waals surface area contributed by atoms with Gasteiger partial charge in [-0.3, -0.25) is 4.79 Å². The lowest BCUT2D eigenvalue weighted by Crippen LogP contribution is -2.29. The highest BCUT2D eigenvalue weighted by Crippen LogP contribution is 1.96. The predicted molar refractivity (Wildman–Crippen MR) is 50.9 cm³/mol. The van der Waals surface area contributed by atoms with Crippen molar-refractivity contribution < 1.29 is 4.79 Å². The van der Waals surface area contributed by atoms with E-state index in [1.54, 1.807) is 17.9 Å². The number of carbonyl (C=O) groups is 1. The molecule has 0 aliphatic heterocycles. The number of hydrogen-bond acceptors (Lipinski definition) is 2. The number of alkyl halides is 1. The Balaban J connectivity index is 2.54. The number of amides is 1.